The second-order valence-electron chi connectivity index (χ2n) is 5.17. The lowest BCUT2D eigenvalue weighted by Gasteiger charge is -2.15. The standard InChI is InChI=1S/C16H15N3O3/c1-10-8-14(20)18-9-13(12-6-4-3-5-7-12)17-16(18)19(10)11(2)15(21)22/h3-9,11H,1-2H3,(H,21,22). The van der Waals surface area contributed by atoms with E-state index in [0.29, 0.717) is 17.2 Å². The smallest absolute Gasteiger partial charge is 0.326 e. The van der Waals surface area contributed by atoms with Crippen molar-refractivity contribution < 1.29 is 9.90 Å². The molecule has 2 heterocycles. The van der Waals surface area contributed by atoms with Crippen LogP contribution in [-0.4, -0.2) is 25.0 Å². The highest BCUT2D eigenvalue weighted by Crippen LogP contribution is 2.20. The molecule has 3 rings (SSSR count). The number of aryl methyl sites for hydroxylation is 1. The van der Waals surface area contributed by atoms with Crippen molar-refractivity contribution in [2.75, 3.05) is 0 Å². The van der Waals surface area contributed by atoms with Gasteiger partial charge in [-0.05, 0) is 13.8 Å². The van der Waals surface area contributed by atoms with Gasteiger partial charge in [-0.3, -0.25) is 9.20 Å². The number of aliphatic carboxylic acids is 1. The molecule has 0 aliphatic rings. The maximum atomic E-state index is 12.2. The Morgan fingerprint density at radius 1 is 1.27 bits per heavy atom. The van der Waals surface area contributed by atoms with Crippen LogP contribution in [0.15, 0.2) is 47.4 Å². The summed E-state index contributed by atoms with van der Waals surface area (Å²) in [6, 6.07) is 10.1. The highest BCUT2D eigenvalue weighted by Gasteiger charge is 2.20. The summed E-state index contributed by atoms with van der Waals surface area (Å²) in [6.45, 7) is 3.27. The molecule has 0 saturated carbocycles. The number of benzene rings is 1. The second-order valence-corrected chi connectivity index (χ2v) is 5.17. The zero-order chi connectivity index (χ0) is 15.9. The third-order valence-electron chi connectivity index (χ3n) is 3.67. The van der Waals surface area contributed by atoms with Crippen molar-refractivity contribution in [1.29, 1.82) is 0 Å². The first-order valence-corrected chi connectivity index (χ1v) is 6.88. The van der Waals surface area contributed by atoms with E-state index in [0.717, 1.165) is 5.56 Å². The maximum Gasteiger partial charge on any atom is 0.326 e. The van der Waals surface area contributed by atoms with Crippen molar-refractivity contribution in [2.24, 2.45) is 0 Å². The van der Waals surface area contributed by atoms with Crippen LogP contribution in [0.25, 0.3) is 17.0 Å². The van der Waals surface area contributed by atoms with Gasteiger partial charge in [0.25, 0.3) is 5.56 Å². The third kappa shape index (κ3) is 2.18. The monoisotopic (exact) mass is 297 g/mol. The number of imidazole rings is 1. The van der Waals surface area contributed by atoms with Crippen LogP contribution in [0.4, 0.5) is 0 Å². The molecule has 0 radical (unpaired) electrons. The number of fused-ring (bicyclic) bond motifs is 1. The molecule has 3 aromatic rings. The molecule has 112 valence electrons. The minimum absolute atomic E-state index is 0.226. The van der Waals surface area contributed by atoms with Gasteiger partial charge < -0.3 is 9.67 Å². The van der Waals surface area contributed by atoms with E-state index in [1.54, 1.807) is 24.6 Å². The molecule has 1 N–H and O–H groups in total. The molecule has 2 aromatic heterocycles. The zero-order valence-corrected chi connectivity index (χ0v) is 12.2. The lowest BCUT2D eigenvalue weighted by molar-refractivity contribution is -0.140. The highest BCUT2D eigenvalue weighted by atomic mass is 16.4. The lowest BCUT2D eigenvalue weighted by atomic mass is 10.2. The lowest BCUT2D eigenvalue weighted by Crippen LogP contribution is -2.24. The molecule has 0 fully saturated rings. The van der Waals surface area contributed by atoms with Crippen LogP contribution < -0.4 is 5.56 Å². The molecule has 0 bridgehead atoms. The van der Waals surface area contributed by atoms with E-state index >= 15 is 0 Å². The molecular weight excluding hydrogens is 282 g/mol. The Morgan fingerprint density at radius 3 is 2.59 bits per heavy atom. The van der Waals surface area contributed by atoms with Crippen LogP contribution in [0.5, 0.6) is 0 Å². The summed E-state index contributed by atoms with van der Waals surface area (Å²) in [5, 5.41) is 9.28. The first-order valence-electron chi connectivity index (χ1n) is 6.88. The molecule has 1 aromatic carbocycles. The Bertz CT molecular complexity index is 910. The van der Waals surface area contributed by atoms with Crippen LogP contribution in [0, 0.1) is 6.92 Å². The van der Waals surface area contributed by atoms with Crippen molar-refractivity contribution in [1.82, 2.24) is 14.0 Å². The molecule has 1 unspecified atom stereocenters. The fourth-order valence-corrected chi connectivity index (χ4v) is 2.52. The van der Waals surface area contributed by atoms with Crippen LogP contribution in [0.2, 0.25) is 0 Å². The predicted octanol–water partition coefficient (Wildman–Crippen LogP) is 2.12. The first kappa shape index (κ1) is 14.1. The van der Waals surface area contributed by atoms with Crippen LogP contribution >= 0.6 is 0 Å². The fourth-order valence-electron chi connectivity index (χ4n) is 2.52. The Hall–Kier alpha value is -2.89. The SMILES string of the molecule is Cc1cc(=O)n2cc(-c3ccccc3)nc2n1C(C)C(=O)O. The zero-order valence-electron chi connectivity index (χ0n) is 12.2. The molecule has 1 atom stereocenters. The molecule has 6 heteroatoms. The van der Waals surface area contributed by atoms with Crippen molar-refractivity contribution in [2.45, 2.75) is 19.9 Å². The van der Waals surface area contributed by atoms with Crippen molar-refractivity contribution >= 4 is 11.7 Å². The maximum absolute atomic E-state index is 12.2. The summed E-state index contributed by atoms with van der Waals surface area (Å²) in [4.78, 5) is 27.9. The van der Waals surface area contributed by atoms with Crippen LogP contribution in [0.1, 0.15) is 18.7 Å². The third-order valence-corrected chi connectivity index (χ3v) is 3.67. The quantitative estimate of drug-likeness (QED) is 0.803. The molecule has 0 aliphatic heterocycles. The van der Waals surface area contributed by atoms with Gasteiger partial charge in [0.05, 0.1) is 5.69 Å². The molecular formula is C16H15N3O3. The van der Waals surface area contributed by atoms with Crippen LogP contribution in [-0.2, 0) is 4.79 Å². The molecule has 0 spiro atoms. The van der Waals surface area contributed by atoms with E-state index in [1.165, 1.54) is 10.5 Å². The average Bonchev–Trinajstić information content (AvgIpc) is 2.93. The molecule has 0 saturated heterocycles. The largest absolute Gasteiger partial charge is 0.480 e. The fraction of sp³-hybridized carbons (Fsp3) is 0.188. The van der Waals surface area contributed by atoms with Crippen molar-refractivity contribution in [3.05, 3.63) is 58.6 Å². The summed E-state index contributed by atoms with van der Waals surface area (Å²) in [6.07, 6.45) is 1.64. The number of carboxylic acid groups (broad SMARTS) is 1. The number of nitrogens with zero attached hydrogens (tertiary/aromatic N) is 3. The van der Waals surface area contributed by atoms with E-state index in [4.69, 9.17) is 0 Å². The van der Waals surface area contributed by atoms with E-state index in [2.05, 4.69) is 4.98 Å². The summed E-state index contributed by atoms with van der Waals surface area (Å²) in [5.41, 5.74) is 1.85. The minimum atomic E-state index is -0.974. The van der Waals surface area contributed by atoms with Crippen molar-refractivity contribution in [3.63, 3.8) is 0 Å². The number of carboxylic acids is 1. The van der Waals surface area contributed by atoms with Gasteiger partial charge in [-0.15, -0.1) is 0 Å². The normalized spacial score (nSPS) is 12.5. The van der Waals surface area contributed by atoms with Gasteiger partial charge in [0, 0.05) is 23.5 Å². The van der Waals surface area contributed by atoms with Gasteiger partial charge in [0.15, 0.2) is 0 Å². The van der Waals surface area contributed by atoms with E-state index in [-0.39, 0.29) is 5.56 Å². The number of hydrogen-bond acceptors (Lipinski definition) is 3. The topological polar surface area (TPSA) is 76.6 Å². The van der Waals surface area contributed by atoms with E-state index in [9.17, 15) is 14.7 Å². The van der Waals surface area contributed by atoms with Gasteiger partial charge in [-0.2, -0.15) is 0 Å². The Labute approximate surface area is 126 Å². The van der Waals surface area contributed by atoms with Gasteiger partial charge in [0.2, 0.25) is 5.78 Å². The predicted molar refractivity (Wildman–Crippen MR) is 82.0 cm³/mol. The molecule has 0 aliphatic carbocycles. The summed E-state index contributed by atoms with van der Waals surface area (Å²) in [7, 11) is 0. The first-order chi connectivity index (χ1) is 10.5. The second kappa shape index (κ2) is 5.14. The van der Waals surface area contributed by atoms with Crippen LogP contribution in [0.3, 0.4) is 0 Å². The number of carbonyl (C=O) groups is 1. The average molecular weight is 297 g/mol. The van der Waals surface area contributed by atoms with E-state index in [1.807, 2.05) is 30.3 Å². The molecule has 6 nitrogen and oxygen atoms in total. The molecule has 22 heavy (non-hydrogen) atoms. The number of hydrogen-bond donors (Lipinski definition) is 1. The van der Waals surface area contributed by atoms with Gasteiger partial charge in [-0.25, -0.2) is 9.78 Å². The summed E-state index contributed by atoms with van der Waals surface area (Å²) < 4.78 is 2.94. The number of aromatic nitrogens is 3. The van der Waals surface area contributed by atoms with Gasteiger partial charge in [0.1, 0.15) is 6.04 Å². The number of rotatable bonds is 3. The van der Waals surface area contributed by atoms with Gasteiger partial charge >= 0.3 is 5.97 Å². The van der Waals surface area contributed by atoms with Gasteiger partial charge in [-0.1, -0.05) is 30.3 Å². The van der Waals surface area contributed by atoms with Crippen molar-refractivity contribution in [3.8, 4) is 11.3 Å². The highest BCUT2D eigenvalue weighted by molar-refractivity contribution is 5.72. The summed E-state index contributed by atoms with van der Waals surface area (Å²) >= 11 is 0. The minimum Gasteiger partial charge on any atom is -0.480 e. The van der Waals surface area contributed by atoms with E-state index < -0.39 is 12.0 Å². The Balaban J connectivity index is 2.31. The summed E-state index contributed by atoms with van der Waals surface area (Å²) in [5.74, 6) is -0.642. The Kier molecular flexibility index (Phi) is 3.29. The molecule has 0 amide bonds. The Morgan fingerprint density at radius 2 is 1.95 bits per heavy atom.